The summed E-state index contributed by atoms with van der Waals surface area (Å²) < 4.78 is 5.45. The first-order valence-corrected chi connectivity index (χ1v) is 7.24. The zero-order chi connectivity index (χ0) is 12.1. The SMILES string of the molecule is C=CCOc1ccc(C(S)C2NCCS2)cc1. The lowest BCUT2D eigenvalue weighted by Gasteiger charge is -2.18. The summed E-state index contributed by atoms with van der Waals surface area (Å²) in [4.78, 5) is 0. The van der Waals surface area contributed by atoms with Crippen molar-refractivity contribution in [1.82, 2.24) is 5.32 Å². The van der Waals surface area contributed by atoms with Crippen LogP contribution in [0.3, 0.4) is 0 Å². The Bertz CT molecular complexity index is 360. The minimum atomic E-state index is 0.232. The Labute approximate surface area is 112 Å². The van der Waals surface area contributed by atoms with E-state index < -0.39 is 0 Å². The summed E-state index contributed by atoms with van der Waals surface area (Å²) in [7, 11) is 0. The van der Waals surface area contributed by atoms with E-state index >= 15 is 0 Å². The molecule has 2 rings (SSSR count). The number of nitrogens with one attached hydrogen (secondary N) is 1. The Morgan fingerprint density at radius 3 is 2.88 bits per heavy atom. The van der Waals surface area contributed by atoms with Gasteiger partial charge in [0.2, 0.25) is 0 Å². The first kappa shape index (κ1) is 12.9. The molecule has 2 unspecified atom stereocenters. The van der Waals surface area contributed by atoms with Crippen molar-refractivity contribution in [2.24, 2.45) is 0 Å². The highest BCUT2D eigenvalue weighted by Crippen LogP contribution is 2.33. The Morgan fingerprint density at radius 2 is 2.29 bits per heavy atom. The first-order chi connectivity index (χ1) is 8.31. The van der Waals surface area contributed by atoms with Crippen LogP contribution in [0, 0.1) is 0 Å². The van der Waals surface area contributed by atoms with E-state index in [-0.39, 0.29) is 5.25 Å². The van der Waals surface area contributed by atoms with Gasteiger partial charge in [0.15, 0.2) is 0 Å². The molecule has 1 heterocycles. The Balaban J connectivity index is 1.98. The van der Waals surface area contributed by atoms with E-state index in [1.807, 2.05) is 23.9 Å². The van der Waals surface area contributed by atoms with Gasteiger partial charge in [-0.05, 0) is 17.7 Å². The van der Waals surface area contributed by atoms with Gasteiger partial charge in [0.25, 0.3) is 0 Å². The average Bonchev–Trinajstić information content (AvgIpc) is 2.90. The maximum absolute atomic E-state index is 5.45. The van der Waals surface area contributed by atoms with Crippen molar-refractivity contribution < 1.29 is 4.74 Å². The van der Waals surface area contributed by atoms with E-state index in [0.29, 0.717) is 12.0 Å². The lowest BCUT2D eigenvalue weighted by Crippen LogP contribution is -2.24. The van der Waals surface area contributed by atoms with Crippen LogP contribution in [0.1, 0.15) is 10.8 Å². The molecule has 0 aromatic heterocycles. The van der Waals surface area contributed by atoms with Crippen LogP contribution in [0.25, 0.3) is 0 Å². The lowest BCUT2D eigenvalue weighted by molar-refractivity contribution is 0.363. The van der Waals surface area contributed by atoms with Crippen LogP contribution >= 0.6 is 24.4 Å². The number of rotatable bonds is 5. The number of ether oxygens (including phenoxy) is 1. The molecule has 0 radical (unpaired) electrons. The molecular weight excluding hydrogens is 250 g/mol. The highest BCUT2D eigenvalue weighted by atomic mass is 32.2. The maximum atomic E-state index is 5.45. The fourth-order valence-electron chi connectivity index (χ4n) is 1.74. The molecule has 17 heavy (non-hydrogen) atoms. The van der Waals surface area contributed by atoms with Gasteiger partial charge in [0, 0.05) is 12.3 Å². The summed E-state index contributed by atoms with van der Waals surface area (Å²) in [5, 5.41) is 4.09. The quantitative estimate of drug-likeness (QED) is 0.633. The zero-order valence-electron chi connectivity index (χ0n) is 9.63. The molecule has 2 atom stereocenters. The maximum Gasteiger partial charge on any atom is 0.119 e. The largest absolute Gasteiger partial charge is 0.490 e. The molecule has 1 aliphatic heterocycles. The van der Waals surface area contributed by atoms with E-state index in [0.717, 1.165) is 12.3 Å². The molecule has 1 fully saturated rings. The molecule has 1 aromatic carbocycles. The van der Waals surface area contributed by atoms with Crippen LogP contribution in [0.4, 0.5) is 0 Å². The summed E-state index contributed by atoms with van der Waals surface area (Å²) in [6.45, 7) is 5.25. The van der Waals surface area contributed by atoms with Crippen LogP contribution in [0.2, 0.25) is 0 Å². The van der Waals surface area contributed by atoms with E-state index in [2.05, 4.69) is 36.7 Å². The summed E-state index contributed by atoms with van der Waals surface area (Å²) in [5.74, 6) is 2.05. The van der Waals surface area contributed by atoms with Crippen molar-refractivity contribution in [3.63, 3.8) is 0 Å². The fourth-order valence-corrected chi connectivity index (χ4v) is 3.34. The monoisotopic (exact) mass is 267 g/mol. The number of benzene rings is 1. The minimum absolute atomic E-state index is 0.232. The summed E-state index contributed by atoms with van der Waals surface area (Å²) in [6, 6.07) is 8.14. The standard InChI is InChI=1S/C13H17NOS2/c1-2-8-15-11-5-3-10(4-6-11)12(16)13-14-7-9-17-13/h2-6,12-14,16H,1,7-9H2. The van der Waals surface area contributed by atoms with Crippen molar-refractivity contribution in [2.45, 2.75) is 10.6 Å². The smallest absolute Gasteiger partial charge is 0.119 e. The van der Waals surface area contributed by atoms with Crippen LogP contribution in [-0.2, 0) is 0 Å². The molecule has 2 nitrogen and oxygen atoms in total. The molecular formula is C13H17NOS2. The van der Waals surface area contributed by atoms with Gasteiger partial charge in [0.05, 0.1) is 10.6 Å². The minimum Gasteiger partial charge on any atom is -0.490 e. The van der Waals surface area contributed by atoms with Crippen molar-refractivity contribution in [1.29, 1.82) is 0 Å². The average molecular weight is 267 g/mol. The third-order valence-corrected chi connectivity index (χ3v) is 4.66. The van der Waals surface area contributed by atoms with Crippen LogP contribution in [0.5, 0.6) is 5.75 Å². The van der Waals surface area contributed by atoms with Gasteiger partial charge in [-0.3, -0.25) is 0 Å². The van der Waals surface area contributed by atoms with Gasteiger partial charge in [-0.15, -0.1) is 11.8 Å². The number of thioether (sulfide) groups is 1. The second kappa shape index (κ2) is 6.38. The molecule has 1 saturated heterocycles. The lowest BCUT2D eigenvalue weighted by atomic mass is 10.1. The molecule has 0 spiro atoms. The normalized spacial score (nSPS) is 21.1. The third-order valence-electron chi connectivity index (χ3n) is 2.62. The van der Waals surface area contributed by atoms with E-state index in [9.17, 15) is 0 Å². The summed E-state index contributed by atoms with van der Waals surface area (Å²) in [6.07, 6.45) is 1.74. The number of thiol groups is 1. The number of hydrogen-bond acceptors (Lipinski definition) is 4. The van der Waals surface area contributed by atoms with E-state index in [1.165, 1.54) is 11.3 Å². The Kier molecular flexibility index (Phi) is 4.83. The predicted molar refractivity (Wildman–Crippen MR) is 78.1 cm³/mol. The van der Waals surface area contributed by atoms with E-state index in [1.54, 1.807) is 6.08 Å². The topological polar surface area (TPSA) is 21.3 Å². The molecule has 0 amide bonds. The zero-order valence-corrected chi connectivity index (χ0v) is 11.3. The molecule has 0 saturated carbocycles. The van der Waals surface area contributed by atoms with Crippen molar-refractivity contribution in [3.8, 4) is 5.75 Å². The summed E-state index contributed by atoms with van der Waals surface area (Å²) in [5.41, 5.74) is 1.23. The number of hydrogen-bond donors (Lipinski definition) is 2. The fraction of sp³-hybridized carbons (Fsp3) is 0.385. The molecule has 92 valence electrons. The molecule has 0 bridgehead atoms. The van der Waals surface area contributed by atoms with Gasteiger partial charge in [-0.1, -0.05) is 24.8 Å². The van der Waals surface area contributed by atoms with Crippen molar-refractivity contribution >= 4 is 24.4 Å². The van der Waals surface area contributed by atoms with E-state index in [4.69, 9.17) is 4.74 Å². The first-order valence-electron chi connectivity index (χ1n) is 5.68. The van der Waals surface area contributed by atoms with Crippen LogP contribution < -0.4 is 10.1 Å². The Morgan fingerprint density at radius 1 is 1.53 bits per heavy atom. The van der Waals surface area contributed by atoms with Gasteiger partial charge in [0.1, 0.15) is 12.4 Å². The summed E-state index contributed by atoms with van der Waals surface area (Å²) >= 11 is 6.61. The van der Waals surface area contributed by atoms with Crippen LogP contribution in [-0.4, -0.2) is 24.3 Å². The highest BCUT2D eigenvalue weighted by molar-refractivity contribution is 8.00. The Hall–Kier alpha value is -0.580. The van der Waals surface area contributed by atoms with Gasteiger partial charge < -0.3 is 10.1 Å². The third kappa shape index (κ3) is 3.44. The van der Waals surface area contributed by atoms with Crippen molar-refractivity contribution in [3.05, 3.63) is 42.5 Å². The molecule has 1 aromatic rings. The van der Waals surface area contributed by atoms with Gasteiger partial charge in [-0.25, -0.2) is 0 Å². The van der Waals surface area contributed by atoms with Gasteiger partial charge >= 0.3 is 0 Å². The van der Waals surface area contributed by atoms with Crippen LogP contribution in [0.15, 0.2) is 36.9 Å². The molecule has 4 heteroatoms. The van der Waals surface area contributed by atoms with Gasteiger partial charge in [-0.2, -0.15) is 12.6 Å². The second-order valence-corrected chi connectivity index (χ2v) is 5.66. The molecule has 1 N–H and O–H groups in total. The molecule has 1 aliphatic rings. The molecule has 0 aliphatic carbocycles. The van der Waals surface area contributed by atoms with Crippen molar-refractivity contribution in [2.75, 3.05) is 18.9 Å². The second-order valence-electron chi connectivity index (χ2n) is 3.86. The predicted octanol–water partition coefficient (Wildman–Crippen LogP) is 2.88. The highest BCUT2D eigenvalue weighted by Gasteiger charge is 2.23.